The Balaban J connectivity index is 1.67. The van der Waals surface area contributed by atoms with E-state index < -0.39 is 5.91 Å². The molecule has 0 saturated carbocycles. The number of nitrogens with two attached hydrogens (primary N) is 1. The van der Waals surface area contributed by atoms with Crippen LogP contribution in [0.5, 0.6) is 0 Å². The molecule has 3 rings (SSSR count). The van der Waals surface area contributed by atoms with Crippen molar-refractivity contribution in [3.8, 4) is 0 Å². The number of hydrogen-bond acceptors (Lipinski definition) is 3. The van der Waals surface area contributed by atoms with Gasteiger partial charge in [-0.25, -0.2) is 0 Å². The third-order valence-electron chi connectivity index (χ3n) is 4.38. The van der Waals surface area contributed by atoms with E-state index in [-0.39, 0.29) is 0 Å². The minimum Gasteiger partial charge on any atom is -0.368 e. The maximum atomic E-state index is 11.1. The van der Waals surface area contributed by atoms with Gasteiger partial charge in [0.15, 0.2) is 0 Å². The summed E-state index contributed by atoms with van der Waals surface area (Å²) in [5.41, 5.74) is 8.74. The van der Waals surface area contributed by atoms with Gasteiger partial charge in [-0.2, -0.15) is 0 Å². The monoisotopic (exact) mass is 399 g/mol. The van der Waals surface area contributed by atoms with Crippen LogP contribution in [0.1, 0.15) is 11.1 Å². The van der Waals surface area contributed by atoms with Crippen LogP contribution in [-0.2, 0) is 11.3 Å². The Labute approximate surface area is 157 Å². The molecule has 2 N–H and O–H groups in total. The highest BCUT2D eigenvalue weighted by molar-refractivity contribution is 9.10. The summed E-state index contributed by atoms with van der Waals surface area (Å²) in [6.45, 7) is 4.95. The Morgan fingerprint density at radius 2 is 1.80 bits per heavy atom. The number of amides is 1. The smallest absolute Gasteiger partial charge is 0.241 e. The molecule has 0 unspecified atom stereocenters. The highest BCUT2D eigenvalue weighted by Gasteiger charge is 2.19. The maximum Gasteiger partial charge on any atom is 0.241 e. The normalized spacial score (nSPS) is 15.6. The van der Waals surface area contributed by atoms with Gasteiger partial charge < -0.3 is 10.6 Å². The number of halogens is 1. The Kier molecular flexibility index (Phi) is 5.89. The van der Waals surface area contributed by atoms with Gasteiger partial charge in [-0.05, 0) is 35.4 Å². The van der Waals surface area contributed by atoms with E-state index in [2.05, 4.69) is 62.1 Å². The van der Waals surface area contributed by atoms with E-state index in [1.165, 1.54) is 11.6 Å². The van der Waals surface area contributed by atoms with Crippen molar-refractivity contribution in [2.24, 2.45) is 5.73 Å². The topological polar surface area (TPSA) is 49.6 Å². The highest BCUT2D eigenvalue weighted by Crippen LogP contribution is 2.27. The number of rotatable bonds is 5. The predicted molar refractivity (Wildman–Crippen MR) is 106 cm³/mol. The van der Waals surface area contributed by atoms with E-state index in [1.54, 1.807) is 6.08 Å². The summed E-state index contributed by atoms with van der Waals surface area (Å²) in [6.07, 6.45) is 3.20. The van der Waals surface area contributed by atoms with Crippen LogP contribution in [0.25, 0.3) is 6.08 Å². The van der Waals surface area contributed by atoms with E-state index in [9.17, 15) is 4.79 Å². The second kappa shape index (κ2) is 8.32. The Morgan fingerprint density at radius 1 is 1.08 bits per heavy atom. The summed E-state index contributed by atoms with van der Waals surface area (Å²) >= 11 is 3.50. The number of carbonyl (C=O) groups excluding carboxylic acids is 1. The van der Waals surface area contributed by atoms with Gasteiger partial charge in [0.1, 0.15) is 0 Å². The Morgan fingerprint density at radius 3 is 2.48 bits per heavy atom. The first-order chi connectivity index (χ1) is 12.1. The lowest BCUT2D eigenvalue weighted by molar-refractivity contribution is -0.113. The average Bonchev–Trinajstić information content (AvgIpc) is 2.62. The fourth-order valence-electron chi connectivity index (χ4n) is 3.11. The van der Waals surface area contributed by atoms with Gasteiger partial charge in [0, 0.05) is 49.0 Å². The molecule has 130 valence electrons. The van der Waals surface area contributed by atoms with Crippen molar-refractivity contribution in [2.75, 3.05) is 31.1 Å². The molecule has 0 atom stereocenters. The zero-order valence-electron chi connectivity index (χ0n) is 14.1. The molecule has 1 aliphatic rings. The fraction of sp³-hybridized carbons (Fsp3) is 0.250. The first-order valence-corrected chi connectivity index (χ1v) is 9.19. The minimum absolute atomic E-state index is 0.432. The van der Waals surface area contributed by atoms with Crippen LogP contribution in [0.15, 0.2) is 59.1 Å². The second-order valence-corrected chi connectivity index (χ2v) is 7.10. The summed E-state index contributed by atoms with van der Waals surface area (Å²) in [4.78, 5) is 15.9. The van der Waals surface area contributed by atoms with Gasteiger partial charge in [-0.1, -0.05) is 46.3 Å². The molecule has 25 heavy (non-hydrogen) atoms. The molecule has 0 bridgehead atoms. The van der Waals surface area contributed by atoms with Crippen molar-refractivity contribution >= 4 is 33.6 Å². The second-order valence-electron chi connectivity index (χ2n) is 6.19. The van der Waals surface area contributed by atoms with Crippen molar-refractivity contribution in [2.45, 2.75) is 6.54 Å². The first-order valence-electron chi connectivity index (χ1n) is 8.40. The van der Waals surface area contributed by atoms with Crippen LogP contribution in [0.4, 0.5) is 5.69 Å². The average molecular weight is 400 g/mol. The summed E-state index contributed by atoms with van der Waals surface area (Å²) in [7, 11) is 0. The van der Waals surface area contributed by atoms with Crippen LogP contribution in [-0.4, -0.2) is 37.0 Å². The lowest BCUT2D eigenvalue weighted by Crippen LogP contribution is -2.46. The summed E-state index contributed by atoms with van der Waals surface area (Å²) in [5, 5.41) is 0. The highest BCUT2D eigenvalue weighted by atomic mass is 79.9. The molecule has 2 aromatic carbocycles. The Bertz CT molecular complexity index is 753. The minimum atomic E-state index is -0.432. The van der Waals surface area contributed by atoms with Crippen LogP contribution in [0.3, 0.4) is 0 Å². The number of carbonyl (C=O) groups is 1. The zero-order valence-corrected chi connectivity index (χ0v) is 15.7. The predicted octanol–water partition coefficient (Wildman–Crippen LogP) is 3.27. The number of piperazine rings is 1. The summed E-state index contributed by atoms with van der Waals surface area (Å²) in [6, 6.07) is 16.7. The van der Waals surface area contributed by atoms with Crippen molar-refractivity contribution in [3.63, 3.8) is 0 Å². The quantitative estimate of drug-likeness (QED) is 0.784. The molecule has 0 spiro atoms. The first kappa shape index (κ1) is 17.7. The van der Waals surface area contributed by atoms with Crippen LogP contribution >= 0.6 is 15.9 Å². The fourth-order valence-corrected chi connectivity index (χ4v) is 3.49. The van der Waals surface area contributed by atoms with Crippen molar-refractivity contribution in [1.82, 2.24) is 4.90 Å². The van der Waals surface area contributed by atoms with Crippen LogP contribution < -0.4 is 10.6 Å². The number of benzene rings is 2. The molecule has 5 heteroatoms. The van der Waals surface area contributed by atoms with Gasteiger partial charge in [0.25, 0.3) is 0 Å². The molecule has 1 heterocycles. The van der Waals surface area contributed by atoms with E-state index in [0.717, 1.165) is 48.4 Å². The third kappa shape index (κ3) is 4.94. The number of hydrogen-bond donors (Lipinski definition) is 1. The maximum absolute atomic E-state index is 11.1. The van der Waals surface area contributed by atoms with Crippen LogP contribution in [0, 0.1) is 0 Å². The largest absolute Gasteiger partial charge is 0.368 e. The molecule has 1 aliphatic heterocycles. The molecular weight excluding hydrogens is 378 g/mol. The lowest BCUT2D eigenvalue weighted by atomic mass is 10.1. The van der Waals surface area contributed by atoms with Crippen molar-refractivity contribution in [1.29, 1.82) is 0 Å². The molecule has 1 amide bonds. The SMILES string of the molecule is NC(=O)/C=C/c1cc(Br)ccc1N1CCN(Cc2ccccc2)CC1. The lowest BCUT2D eigenvalue weighted by Gasteiger charge is -2.37. The molecule has 0 aromatic heterocycles. The summed E-state index contributed by atoms with van der Waals surface area (Å²) in [5.74, 6) is -0.432. The molecule has 2 aromatic rings. The van der Waals surface area contributed by atoms with E-state index >= 15 is 0 Å². The van der Waals surface area contributed by atoms with E-state index in [1.807, 2.05) is 12.1 Å². The van der Waals surface area contributed by atoms with Gasteiger partial charge in [0.2, 0.25) is 5.91 Å². The molecule has 1 fully saturated rings. The molecule has 1 saturated heterocycles. The van der Waals surface area contributed by atoms with Gasteiger partial charge >= 0.3 is 0 Å². The number of anilines is 1. The van der Waals surface area contributed by atoms with Gasteiger partial charge in [-0.15, -0.1) is 0 Å². The van der Waals surface area contributed by atoms with Crippen molar-refractivity contribution in [3.05, 3.63) is 70.2 Å². The molecule has 0 radical (unpaired) electrons. The van der Waals surface area contributed by atoms with Gasteiger partial charge in [0.05, 0.1) is 0 Å². The Hall–Kier alpha value is -2.11. The summed E-state index contributed by atoms with van der Waals surface area (Å²) < 4.78 is 0.989. The van der Waals surface area contributed by atoms with E-state index in [4.69, 9.17) is 5.73 Å². The standard InChI is InChI=1S/C20H22BrN3O/c21-18-7-8-19(17(14-18)6-9-20(22)25)24-12-10-23(11-13-24)15-16-4-2-1-3-5-16/h1-9,14H,10-13,15H2,(H2,22,25)/b9-6+. The van der Waals surface area contributed by atoms with Gasteiger partial charge in [-0.3, -0.25) is 9.69 Å². The van der Waals surface area contributed by atoms with E-state index in [0.29, 0.717) is 0 Å². The third-order valence-corrected chi connectivity index (χ3v) is 4.87. The zero-order chi connectivity index (χ0) is 17.6. The molecular formula is C20H22BrN3O. The van der Waals surface area contributed by atoms with Crippen molar-refractivity contribution < 1.29 is 4.79 Å². The van der Waals surface area contributed by atoms with Crippen LogP contribution in [0.2, 0.25) is 0 Å². The number of primary amides is 1. The number of nitrogens with zero attached hydrogens (tertiary/aromatic N) is 2. The molecule has 4 nitrogen and oxygen atoms in total. The molecule has 0 aliphatic carbocycles.